The van der Waals surface area contributed by atoms with Crippen LogP contribution in [0.15, 0.2) is 46.1 Å². The number of pyridine rings is 1. The van der Waals surface area contributed by atoms with Gasteiger partial charge in [-0.05, 0) is 87.1 Å². The van der Waals surface area contributed by atoms with Crippen LogP contribution in [-0.2, 0) is 4.79 Å². The highest BCUT2D eigenvalue weighted by molar-refractivity contribution is 7.99. The van der Waals surface area contributed by atoms with Crippen LogP contribution >= 0.6 is 34.7 Å². The number of benzene rings is 1. The highest BCUT2D eigenvalue weighted by Gasteiger charge is 2.41. The minimum atomic E-state index is -1.39. The van der Waals surface area contributed by atoms with E-state index in [0.29, 0.717) is 35.1 Å². The summed E-state index contributed by atoms with van der Waals surface area (Å²) in [6.45, 7) is 2.41. The van der Waals surface area contributed by atoms with Crippen molar-refractivity contribution in [1.82, 2.24) is 9.88 Å². The monoisotopic (exact) mass is 536 g/mol. The van der Waals surface area contributed by atoms with Gasteiger partial charge < -0.3 is 14.7 Å². The van der Waals surface area contributed by atoms with Crippen LogP contribution in [0.3, 0.4) is 0 Å². The van der Waals surface area contributed by atoms with Crippen molar-refractivity contribution in [3.8, 4) is 5.75 Å². The molecule has 0 saturated carbocycles. The number of thioether (sulfide) groups is 1. The summed E-state index contributed by atoms with van der Waals surface area (Å²) >= 11 is 9.92. The smallest absolute Gasteiger partial charge is 0.309 e. The van der Waals surface area contributed by atoms with Gasteiger partial charge in [0.05, 0.1) is 23.1 Å². The Hall–Kier alpha value is -1.87. The summed E-state index contributed by atoms with van der Waals surface area (Å²) in [6.07, 6.45) is 2.57. The molecule has 0 bridgehead atoms. The number of nitrogens with zero attached hydrogens (tertiary/aromatic N) is 2. The Morgan fingerprint density at radius 1 is 1.37 bits per heavy atom. The van der Waals surface area contributed by atoms with Gasteiger partial charge in [0.25, 0.3) is 0 Å². The molecule has 5 nitrogen and oxygen atoms in total. The number of aromatic nitrogens is 1. The molecule has 0 spiro atoms. The fraction of sp³-hybridized carbons (Fsp3) is 0.462. The van der Waals surface area contributed by atoms with E-state index in [1.165, 1.54) is 11.1 Å². The van der Waals surface area contributed by atoms with Crippen molar-refractivity contribution < 1.29 is 19.0 Å². The van der Waals surface area contributed by atoms with Gasteiger partial charge in [0.15, 0.2) is 0 Å². The average Bonchev–Trinajstić information content (AvgIpc) is 3.39. The zero-order valence-corrected chi connectivity index (χ0v) is 22.1. The zero-order chi connectivity index (χ0) is 24.8. The number of hydrogen-bond donors (Lipinski definition) is 1. The molecule has 188 valence electrons. The lowest BCUT2D eigenvalue weighted by Crippen LogP contribution is -2.44. The largest absolute Gasteiger partial charge is 0.497 e. The highest BCUT2D eigenvalue weighted by Crippen LogP contribution is 2.42. The van der Waals surface area contributed by atoms with Crippen LogP contribution in [0.1, 0.15) is 43.8 Å². The Morgan fingerprint density at radius 2 is 2.17 bits per heavy atom. The number of aliphatic carboxylic acids is 1. The molecule has 0 aliphatic carbocycles. The van der Waals surface area contributed by atoms with Gasteiger partial charge in [-0.3, -0.25) is 9.78 Å². The van der Waals surface area contributed by atoms with E-state index in [4.69, 9.17) is 16.3 Å². The molecule has 4 rings (SSSR count). The van der Waals surface area contributed by atoms with Crippen molar-refractivity contribution >= 4 is 51.6 Å². The predicted octanol–water partition coefficient (Wildman–Crippen LogP) is 7.10. The Labute approximate surface area is 218 Å². The first-order chi connectivity index (χ1) is 16.9. The van der Waals surface area contributed by atoms with Gasteiger partial charge in [-0.1, -0.05) is 11.6 Å². The van der Waals surface area contributed by atoms with Crippen molar-refractivity contribution in [3.05, 3.63) is 51.8 Å². The van der Waals surface area contributed by atoms with E-state index in [1.54, 1.807) is 36.6 Å². The van der Waals surface area contributed by atoms with Crippen molar-refractivity contribution in [1.29, 1.82) is 0 Å². The number of carbonyl (C=O) groups is 1. The second kappa shape index (κ2) is 11.9. The summed E-state index contributed by atoms with van der Waals surface area (Å²) in [7, 11) is 1.55. The number of likely N-dealkylation sites (tertiary alicyclic amines) is 1. The Morgan fingerprint density at radius 3 is 2.86 bits per heavy atom. The van der Waals surface area contributed by atoms with Crippen LogP contribution in [0, 0.1) is 5.41 Å². The van der Waals surface area contributed by atoms with E-state index in [1.807, 2.05) is 11.8 Å². The number of methoxy groups -OCH3 is 1. The summed E-state index contributed by atoms with van der Waals surface area (Å²) in [6, 6.07) is 7.41. The molecule has 3 heterocycles. The number of carboxylic acids is 1. The second-order valence-corrected chi connectivity index (χ2v) is 11.4. The van der Waals surface area contributed by atoms with E-state index < -0.39 is 17.6 Å². The van der Waals surface area contributed by atoms with Crippen LogP contribution in [0.4, 0.5) is 4.39 Å². The van der Waals surface area contributed by atoms with Gasteiger partial charge in [-0.15, -0.1) is 11.8 Å². The number of ether oxygens (including phenoxy) is 1. The number of alkyl halides is 1. The first-order valence-corrected chi connectivity index (χ1v) is 14.1. The molecule has 1 fully saturated rings. The van der Waals surface area contributed by atoms with Gasteiger partial charge >= 0.3 is 5.97 Å². The molecular formula is C26H30ClFN2O3S2. The molecule has 1 aliphatic heterocycles. The molecule has 0 radical (unpaired) electrons. The lowest BCUT2D eigenvalue weighted by atomic mass is 9.74. The van der Waals surface area contributed by atoms with Crippen LogP contribution in [-0.4, -0.2) is 53.5 Å². The lowest BCUT2D eigenvalue weighted by Gasteiger charge is -2.39. The third-order valence-electron chi connectivity index (χ3n) is 6.91. The number of carboxylic acid groups (broad SMARTS) is 1. The molecule has 0 unspecified atom stereocenters. The van der Waals surface area contributed by atoms with E-state index in [2.05, 4.69) is 26.7 Å². The van der Waals surface area contributed by atoms with Crippen molar-refractivity contribution in [2.45, 2.75) is 43.2 Å². The molecule has 1 atom stereocenters. The Bertz CT molecular complexity index is 1140. The minimum absolute atomic E-state index is 0.0968. The van der Waals surface area contributed by atoms with E-state index in [0.717, 1.165) is 31.8 Å². The number of thiophene rings is 1. The molecule has 1 aromatic carbocycles. The number of piperidine rings is 1. The van der Waals surface area contributed by atoms with Crippen molar-refractivity contribution in [2.24, 2.45) is 5.41 Å². The maximum Gasteiger partial charge on any atom is 0.309 e. The quantitative estimate of drug-likeness (QED) is 0.208. The first kappa shape index (κ1) is 26.2. The van der Waals surface area contributed by atoms with Gasteiger partial charge in [0, 0.05) is 27.4 Å². The molecular weight excluding hydrogens is 507 g/mol. The number of fused-ring (bicyclic) bond motifs is 1. The zero-order valence-electron chi connectivity index (χ0n) is 19.7. The minimum Gasteiger partial charge on any atom is -0.497 e. The topological polar surface area (TPSA) is 62.7 Å². The second-order valence-electron chi connectivity index (χ2n) is 9.00. The molecule has 1 saturated heterocycles. The molecule has 2 aromatic heterocycles. The van der Waals surface area contributed by atoms with E-state index >= 15 is 4.39 Å². The third kappa shape index (κ3) is 6.28. The SMILES string of the molecule is COc1ccc2ncc(Cl)c([C@@H](F)CCC3(C(=O)O)CCN(CCCSc4ccsc4)CC3)c2c1. The normalized spacial score (nSPS) is 16.9. The maximum absolute atomic E-state index is 15.6. The van der Waals surface area contributed by atoms with Gasteiger partial charge in [-0.2, -0.15) is 11.3 Å². The number of rotatable bonds is 11. The molecule has 1 N–H and O–H groups in total. The van der Waals surface area contributed by atoms with E-state index in [-0.39, 0.29) is 17.9 Å². The van der Waals surface area contributed by atoms with Crippen LogP contribution in [0.5, 0.6) is 5.75 Å². The Balaban J connectivity index is 1.35. The van der Waals surface area contributed by atoms with Gasteiger partial charge in [0.1, 0.15) is 11.9 Å². The third-order valence-corrected chi connectivity index (χ3v) is 9.12. The van der Waals surface area contributed by atoms with Crippen molar-refractivity contribution in [2.75, 3.05) is 32.5 Å². The molecule has 3 aromatic rings. The predicted molar refractivity (Wildman–Crippen MR) is 142 cm³/mol. The van der Waals surface area contributed by atoms with Crippen LogP contribution in [0.2, 0.25) is 5.02 Å². The summed E-state index contributed by atoms with van der Waals surface area (Å²) in [5, 5.41) is 15.2. The van der Waals surface area contributed by atoms with Crippen LogP contribution in [0.25, 0.3) is 10.9 Å². The van der Waals surface area contributed by atoms with Crippen LogP contribution < -0.4 is 4.74 Å². The molecule has 35 heavy (non-hydrogen) atoms. The standard InChI is InChI=1S/C26H30ClFN2O3S2/c1-33-18-3-4-23-20(15-18)24(21(27)16-29-23)22(28)5-7-26(25(31)32)8-11-30(12-9-26)10-2-13-35-19-6-14-34-17-19/h3-4,6,14-17,22H,2,5,7-13H2,1H3,(H,31,32)/t22-/m0/s1. The Kier molecular flexibility index (Phi) is 8.92. The average molecular weight is 537 g/mol. The summed E-state index contributed by atoms with van der Waals surface area (Å²) in [5.41, 5.74) is 0.0853. The van der Waals surface area contributed by atoms with Crippen molar-refractivity contribution in [3.63, 3.8) is 0 Å². The van der Waals surface area contributed by atoms with Gasteiger partial charge in [0.2, 0.25) is 0 Å². The highest BCUT2D eigenvalue weighted by atomic mass is 35.5. The first-order valence-electron chi connectivity index (χ1n) is 11.8. The fourth-order valence-corrected chi connectivity index (χ4v) is 6.73. The maximum atomic E-state index is 15.6. The summed E-state index contributed by atoms with van der Waals surface area (Å²) in [5.74, 6) is 0.814. The number of hydrogen-bond acceptors (Lipinski definition) is 6. The van der Waals surface area contributed by atoms with E-state index in [9.17, 15) is 9.90 Å². The summed E-state index contributed by atoms with van der Waals surface area (Å²) < 4.78 is 20.9. The summed E-state index contributed by atoms with van der Waals surface area (Å²) in [4.78, 5) is 20.2. The molecule has 9 heteroatoms. The molecule has 0 amide bonds. The fourth-order valence-electron chi connectivity index (χ4n) is 4.75. The number of halogens is 2. The molecule has 1 aliphatic rings. The lowest BCUT2D eigenvalue weighted by molar-refractivity contribution is -0.153. The van der Waals surface area contributed by atoms with Gasteiger partial charge in [-0.25, -0.2) is 4.39 Å².